The summed E-state index contributed by atoms with van der Waals surface area (Å²) in [4.78, 5) is 12.6. The second kappa shape index (κ2) is 15.6. The van der Waals surface area contributed by atoms with E-state index in [4.69, 9.17) is 23.7 Å². The molecule has 6 atom stereocenters. The summed E-state index contributed by atoms with van der Waals surface area (Å²) in [7, 11) is 1.45. The van der Waals surface area contributed by atoms with Crippen molar-refractivity contribution in [1.82, 2.24) is 0 Å². The van der Waals surface area contributed by atoms with E-state index in [-0.39, 0.29) is 12.6 Å². The normalized spacial score (nSPS) is 28.4. The number of carbonyl (C=O) groups excluding carboxylic acids is 1. The summed E-state index contributed by atoms with van der Waals surface area (Å²) in [5.41, 5.74) is 0.861. The largest absolute Gasteiger partial charge is 0.456 e. The first-order chi connectivity index (χ1) is 17.1. The smallest absolute Gasteiger partial charge is 0.306 e. The van der Waals surface area contributed by atoms with Gasteiger partial charge >= 0.3 is 5.97 Å². The minimum atomic E-state index is -1.14. The molecule has 0 aromatic heterocycles. The summed E-state index contributed by atoms with van der Waals surface area (Å²) in [5, 5.41) is 10.8. The van der Waals surface area contributed by atoms with Crippen molar-refractivity contribution in [2.24, 2.45) is 0 Å². The number of unbranched alkanes of at least 4 members (excludes halogenated alkanes) is 10. The standard InChI is InChI=1S/C28H44O7/c1-3-4-5-6-7-8-9-10-11-12-16-19-23(29)34-26-24(30)28(31-2)33-22-20-32-27(35-25(22)26)21-17-14-13-15-18-21/h13-15,17-18,22,24-28,30H,3-12,16,19-20H2,1-2H3/t22-,24-,25-,26-,27-,28-/m1/s1. The Morgan fingerprint density at radius 2 is 1.57 bits per heavy atom. The average Bonchev–Trinajstić information content (AvgIpc) is 2.89. The van der Waals surface area contributed by atoms with Gasteiger partial charge in [-0.2, -0.15) is 0 Å². The van der Waals surface area contributed by atoms with E-state index in [1.807, 2.05) is 30.3 Å². The number of fused-ring (bicyclic) bond motifs is 1. The zero-order valence-corrected chi connectivity index (χ0v) is 21.4. The lowest BCUT2D eigenvalue weighted by atomic mass is 9.97. The molecule has 7 nitrogen and oxygen atoms in total. The molecule has 35 heavy (non-hydrogen) atoms. The van der Waals surface area contributed by atoms with Crippen LogP contribution in [0.4, 0.5) is 0 Å². The van der Waals surface area contributed by atoms with Gasteiger partial charge < -0.3 is 28.8 Å². The Kier molecular flexibility index (Phi) is 12.5. The number of methoxy groups -OCH3 is 1. The van der Waals surface area contributed by atoms with Crippen molar-refractivity contribution < 1.29 is 33.6 Å². The molecule has 0 aliphatic carbocycles. The quantitative estimate of drug-likeness (QED) is 0.258. The second-order valence-corrected chi connectivity index (χ2v) is 9.69. The first-order valence-electron chi connectivity index (χ1n) is 13.5. The van der Waals surface area contributed by atoms with Gasteiger partial charge in [-0.1, -0.05) is 101 Å². The number of aliphatic hydroxyl groups is 1. The lowest BCUT2D eigenvalue weighted by Crippen LogP contribution is -2.63. The molecule has 2 saturated heterocycles. The fourth-order valence-corrected chi connectivity index (χ4v) is 4.82. The summed E-state index contributed by atoms with van der Waals surface area (Å²) in [6.45, 7) is 2.50. The number of hydrogen-bond acceptors (Lipinski definition) is 7. The molecule has 2 fully saturated rings. The zero-order valence-electron chi connectivity index (χ0n) is 21.4. The highest BCUT2D eigenvalue weighted by molar-refractivity contribution is 5.69. The molecular weight excluding hydrogens is 448 g/mol. The number of carbonyl (C=O) groups is 1. The molecule has 2 aliphatic heterocycles. The van der Waals surface area contributed by atoms with Crippen molar-refractivity contribution in [1.29, 1.82) is 0 Å². The maximum Gasteiger partial charge on any atom is 0.306 e. The Balaban J connectivity index is 1.41. The molecule has 1 N–H and O–H groups in total. The van der Waals surface area contributed by atoms with Crippen molar-refractivity contribution in [3.8, 4) is 0 Å². The van der Waals surface area contributed by atoms with Crippen molar-refractivity contribution in [3.05, 3.63) is 35.9 Å². The highest BCUT2D eigenvalue weighted by Crippen LogP contribution is 2.35. The first kappa shape index (κ1) is 28.1. The number of ether oxygens (including phenoxy) is 5. The first-order valence-corrected chi connectivity index (χ1v) is 13.5. The van der Waals surface area contributed by atoms with Crippen LogP contribution in [0.2, 0.25) is 0 Å². The van der Waals surface area contributed by atoms with Crippen LogP contribution < -0.4 is 0 Å². The van der Waals surface area contributed by atoms with Gasteiger partial charge in [-0.25, -0.2) is 0 Å². The third-order valence-corrected chi connectivity index (χ3v) is 6.86. The SMILES string of the molecule is CCCCCCCCCCCCCC(=O)O[C@@H]1[C@@H](O)[C@H](OC)O[C@@H]2CO[C@@H](c3ccccc3)O[C@@H]12. The van der Waals surface area contributed by atoms with Crippen LogP contribution in [-0.4, -0.2) is 55.5 Å². The van der Waals surface area contributed by atoms with Crippen LogP contribution in [0.25, 0.3) is 0 Å². The van der Waals surface area contributed by atoms with E-state index in [0.29, 0.717) is 6.42 Å². The van der Waals surface area contributed by atoms with Crippen LogP contribution in [0.3, 0.4) is 0 Å². The third-order valence-electron chi connectivity index (χ3n) is 6.86. The average molecular weight is 493 g/mol. The Morgan fingerprint density at radius 3 is 2.20 bits per heavy atom. The van der Waals surface area contributed by atoms with Gasteiger partial charge in [0.25, 0.3) is 0 Å². The van der Waals surface area contributed by atoms with Crippen LogP contribution in [0, 0.1) is 0 Å². The minimum Gasteiger partial charge on any atom is -0.456 e. The molecule has 3 rings (SSSR count). The van der Waals surface area contributed by atoms with Gasteiger partial charge in [-0.3, -0.25) is 4.79 Å². The van der Waals surface area contributed by atoms with Gasteiger partial charge in [0, 0.05) is 19.1 Å². The van der Waals surface area contributed by atoms with Crippen LogP contribution >= 0.6 is 0 Å². The predicted molar refractivity (Wildman–Crippen MR) is 133 cm³/mol. The van der Waals surface area contributed by atoms with Crippen molar-refractivity contribution in [2.45, 2.75) is 121 Å². The molecule has 198 valence electrons. The van der Waals surface area contributed by atoms with E-state index in [2.05, 4.69) is 6.92 Å². The van der Waals surface area contributed by atoms with Gasteiger partial charge in [0.1, 0.15) is 18.3 Å². The second-order valence-electron chi connectivity index (χ2n) is 9.69. The number of rotatable bonds is 15. The molecule has 0 spiro atoms. The molecule has 1 aromatic carbocycles. The summed E-state index contributed by atoms with van der Waals surface area (Å²) < 4.78 is 28.8. The summed E-state index contributed by atoms with van der Waals surface area (Å²) in [5.74, 6) is -0.327. The summed E-state index contributed by atoms with van der Waals surface area (Å²) in [6, 6.07) is 9.57. The highest BCUT2D eigenvalue weighted by atomic mass is 16.8. The van der Waals surface area contributed by atoms with Gasteiger partial charge in [0.2, 0.25) is 0 Å². The van der Waals surface area contributed by atoms with Gasteiger partial charge in [-0.15, -0.1) is 0 Å². The van der Waals surface area contributed by atoms with Gasteiger partial charge in [-0.05, 0) is 6.42 Å². The summed E-state index contributed by atoms with van der Waals surface area (Å²) in [6.07, 6.45) is 9.07. The summed E-state index contributed by atoms with van der Waals surface area (Å²) >= 11 is 0. The van der Waals surface area contributed by atoms with Crippen LogP contribution in [0.15, 0.2) is 30.3 Å². The number of aliphatic hydroxyl groups excluding tert-OH is 1. The molecular formula is C28H44O7. The molecule has 0 bridgehead atoms. The van der Waals surface area contributed by atoms with E-state index in [1.165, 1.54) is 58.5 Å². The molecule has 0 radical (unpaired) electrons. The Labute approximate surface area is 210 Å². The maximum absolute atomic E-state index is 12.6. The Bertz CT molecular complexity index is 713. The Hall–Kier alpha value is -1.51. The van der Waals surface area contributed by atoms with E-state index >= 15 is 0 Å². The third kappa shape index (κ3) is 8.83. The molecule has 1 aromatic rings. The zero-order chi connectivity index (χ0) is 24.9. The topological polar surface area (TPSA) is 83.5 Å². The Morgan fingerprint density at radius 1 is 0.943 bits per heavy atom. The van der Waals surface area contributed by atoms with E-state index in [0.717, 1.165) is 24.8 Å². The minimum absolute atomic E-state index is 0.253. The number of hydrogen-bond donors (Lipinski definition) is 1. The predicted octanol–water partition coefficient (Wildman–Crippen LogP) is 5.45. The van der Waals surface area contributed by atoms with Gasteiger partial charge in [0.05, 0.1) is 6.61 Å². The fraction of sp³-hybridized carbons (Fsp3) is 0.750. The van der Waals surface area contributed by atoms with E-state index in [1.54, 1.807) is 0 Å². The van der Waals surface area contributed by atoms with E-state index in [9.17, 15) is 9.90 Å². The molecule has 0 unspecified atom stereocenters. The van der Waals surface area contributed by atoms with Crippen molar-refractivity contribution in [3.63, 3.8) is 0 Å². The number of benzene rings is 1. The van der Waals surface area contributed by atoms with Crippen LogP contribution in [0.1, 0.15) is 95.8 Å². The van der Waals surface area contributed by atoms with Crippen LogP contribution in [0.5, 0.6) is 0 Å². The van der Waals surface area contributed by atoms with Crippen molar-refractivity contribution in [2.75, 3.05) is 13.7 Å². The monoisotopic (exact) mass is 492 g/mol. The molecule has 0 saturated carbocycles. The molecule has 2 aliphatic rings. The number of esters is 1. The fourth-order valence-electron chi connectivity index (χ4n) is 4.82. The molecule has 2 heterocycles. The van der Waals surface area contributed by atoms with Crippen molar-refractivity contribution >= 4 is 5.97 Å². The lowest BCUT2D eigenvalue weighted by Gasteiger charge is -2.47. The highest BCUT2D eigenvalue weighted by Gasteiger charge is 2.51. The molecule has 0 amide bonds. The maximum atomic E-state index is 12.6. The lowest BCUT2D eigenvalue weighted by molar-refractivity contribution is -0.358. The van der Waals surface area contributed by atoms with Gasteiger partial charge in [0.15, 0.2) is 18.7 Å². The molecule has 7 heteroatoms. The van der Waals surface area contributed by atoms with Crippen LogP contribution in [-0.2, 0) is 28.5 Å². The van der Waals surface area contributed by atoms with E-state index < -0.39 is 37.0 Å².